The van der Waals surface area contributed by atoms with Crippen LogP contribution in [0.2, 0.25) is 0 Å². The molecule has 0 aliphatic rings. The van der Waals surface area contributed by atoms with Crippen molar-refractivity contribution in [3.05, 3.63) is 40.3 Å². The second-order valence-corrected chi connectivity index (χ2v) is 3.97. The fourth-order valence-electron chi connectivity index (χ4n) is 1.65. The van der Waals surface area contributed by atoms with Gasteiger partial charge in [-0.15, -0.1) is 0 Å². The van der Waals surface area contributed by atoms with E-state index in [9.17, 15) is 10.1 Å². The predicted molar refractivity (Wildman–Crippen MR) is 70.8 cm³/mol. The van der Waals surface area contributed by atoms with Gasteiger partial charge in [-0.05, 0) is 25.5 Å². The van der Waals surface area contributed by atoms with Crippen LogP contribution in [-0.2, 0) is 0 Å². The summed E-state index contributed by atoms with van der Waals surface area (Å²) in [4.78, 5) is 22.7. The summed E-state index contributed by atoms with van der Waals surface area (Å²) in [5, 5.41) is 14.0. The fourth-order valence-corrected chi connectivity index (χ4v) is 1.65. The number of pyridine rings is 1. The van der Waals surface area contributed by atoms with E-state index in [0.29, 0.717) is 18.1 Å². The van der Waals surface area contributed by atoms with Crippen molar-refractivity contribution in [2.75, 3.05) is 11.9 Å². The SMILES string of the molecule is CCNc1ncc([N+](=O)[O-])c(-c2cncc(C)c2)n1. The van der Waals surface area contributed by atoms with Crippen LogP contribution in [0.3, 0.4) is 0 Å². The Bertz CT molecular complexity index is 615. The van der Waals surface area contributed by atoms with Crippen molar-refractivity contribution in [1.29, 1.82) is 0 Å². The number of hydrogen-bond acceptors (Lipinski definition) is 6. The Morgan fingerprint density at radius 3 is 2.79 bits per heavy atom. The molecule has 0 bridgehead atoms. The average molecular weight is 259 g/mol. The molecule has 0 amide bonds. The third-order valence-corrected chi connectivity index (χ3v) is 2.45. The zero-order valence-corrected chi connectivity index (χ0v) is 10.6. The number of aryl methyl sites for hydroxylation is 1. The van der Waals surface area contributed by atoms with E-state index in [1.165, 1.54) is 6.20 Å². The number of aromatic nitrogens is 3. The van der Waals surface area contributed by atoms with Crippen LogP contribution in [0.15, 0.2) is 24.7 Å². The summed E-state index contributed by atoms with van der Waals surface area (Å²) in [7, 11) is 0. The summed E-state index contributed by atoms with van der Waals surface area (Å²) >= 11 is 0. The van der Waals surface area contributed by atoms with Crippen molar-refractivity contribution < 1.29 is 4.92 Å². The standard InChI is InChI=1S/C12H13N5O2/c1-3-14-12-15-7-10(17(18)19)11(16-12)9-4-8(2)5-13-6-9/h4-7H,3H2,1-2H3,(H,14,15,16). The highest BCUT2D eigenvalue weighted by Crippen LogP contribution is 2.27. The van der Waals surface area contributed by atoms with Gasteiger partial charge >= 0.3 is 5.69 Å². The quantitative estimate of drug-likeness (QED) is 0.668. The van der Waals surface area contributed by atoms with Gasteiger partial charge in [-0.1, -0.05) is 0 Å². The number of nitrogens with zero attached hydrogens (tertiary/aromatic N) is 4. The van der Waals surface area contributed by atoms with Crippen LogP contribution in [0, 0.1) is 17.0 Å². The highest BCUT2D eigenvalue weighted by atomic mass is 16.6. The van der Waals surface area contributed by atoms with E-state index in [-0.39, 0.29) is 11.4 Å². The molecule has 7 nitrogen and oxygen atoms in total. The Hall–Kier alpha value is -2.57. The molecular weight excluding hydrogens is 246 g/mol. The van der Waals surface area contributed by atoms with Crippen LogP contribution < -0.4 is 5.32 Å². The molecule has 0 radical (unpaired) electrons. The van der Waals surface area contributed by atoms with Crippen molar-refractivity contribution in [2.45, 2.75) is 13.8 Å². The molecule has 98 valence electrons. The van der Waals surface area contributed by atoms with Crippen LogP contribution >= 0.6 is 0 Å². The van der Waals surface area contributed by atoms with Crippen LogP contribution in [0.5, 0.6) is 0 Å². The molecule has 0 saturated carbocycles. The second kappa shape index (κ2) is 5.38. The first-order valence-corrected chi connectivity index (χ1v) is 5.79. The smallest absolute Gasteiger partial charge is 0.313 e. The summed E-state index contributed by atoms with van der Waals surface area (Å²) in [6, 6.07) is 1.80. The number of rotatable bonds is 4. The number of hydrogen-bond donors (Lipinski definition) is 1. The summed E-state index contributed by atoms with van der Waals surface area (Å²) < 4.78 is 0. The van der Waals surface area contributed by atoms with Crippen LogP contribution in [-0.4, -0.2) is 26.4 Å². The molecule has 0 saturated heterocycles. The van der Waals surface area contributed by atoms with Gasteiger partial charge in [-0.3, -0.25) is 15.1 Å². The molecule has 1 N–H and O–H groups in total. The first-order chi connectivity index (χ1) is 9.11. The van der Waals surface area contributed by atoms with E-state index < -0.39 is 4.92 Å². The van der Waals surface area contributed by atoms with Gasteiger partial charge in [0, 0.05) is 24.5 Å². The molecule has 0 aliphatic heterocycles. The topological polar surface area (TPSA) is 93.8 Å². The summed E-state index contributed by atoms with van der Waals surface area (Å²) in [6.07, 6.45) is 4.45. The minimum Gasteiger partial charge on any atom is -0.354 e. The van der Waals surface area contributed by atoms with Gasteiger partial charge in [0.25, 0.3) is 0 Å². The highest BCUT2D eigenvalue weighted by Gasteiger charge is 2.19. The fraction of sp³-hybridized carbons (Fsp3) is 0.250. The molecule has 0 spiro atoms. The van der Waals surface area contributed by atoms with Crippen molar-refractivity contribution >= 4 is 11.6 Å². The molecule has 0 fully saturated rings. The molecule has 2 aromatic rings. The molecule has 0 aliphatic carbocycles. The summed E-state index contributed by atoms with van der Waals surface area (Å²) in [5.41, 5.74) is 1.66. The van der Waals surface area contributed by atoms with Gasteiger partial charge in [0.2, 0.25) is 5.95 Å². The Morgan fingerprint density at radius 2 is 2.16 bits per heavy atom. The molecular formula is C12H13N5O2. The van der Waals surface area contributed by atoms with Gasteiger partial charge in [0.05, 0.1) is 4.92 Å². The van der Waals surface area contributed by atoms with Crippen molar-refractivity contribution in [1.82, 2.24) is 15.0 Å². The Kier molecular flexibility index (Phi) is 3.65. The molecule has 2 rings (SSSR count). The largest absolute Gasteiger partial charge is 0.354 e. The second-order valence-electron chi connectivity index (χ2n) is 3.97. The zero-order chi connectivity index (χ0) is 13.8. The van der Waals surface area contributed by atoms with Crippen molar-refractivity contribution in [2.24, 2.45) is 0 Å². The number of nitro groups is 1. The van der Waals surface area contributed by atoms with Crippen molar-refractivity contribution in [3.63, 3.8) is 0 Å². The van der Waals surface area contributed by atoms with Crippen LogP contribution in [0.25, 0.3) is 11.3 Å². The Labute approximate surface area is 109 Å². The maximum absolute atomic E-state index is 11.0. The molecule has 0 unspecified atom stereocenters. The first-order valence-electron chi connectivity index (χ1n) is 5.79. The Morgan fingerprint density at radius 1 is 1.37 bits per heavy atom. The average Bonchev–Trinajstić information content (AvgIpc) is 2.39. The molecule has 2 heterocycles. The normalized spacial score (nSPS) is 10.2. The predicted octanol–water partition coefficient (Wildman–Crippen LogP) is 2.19. The lowest BCUT2D eigenvalue weighted by Gasteiger charge is -2.06. The minimum absolute atomic E-state index is 0.131. The highest BCUT2D eigenvalue weighted by molar-refractivity contribution is 5.69. The summed E-state index contributed by atoms with van der Waals surface area (Å²) in [6.45, 7) is 4.41. The zero-order valence-electron chi connectivity index (χ0n) is 10.6. The molecule has 0 aromatic carbocycles. The Balaban J connectivity index is 2.57. The van der Waals surface area contributed by atoms with Gasteiger partial charge in [0.1, 0.15) is 6.20 Å². The van der Waals surface area contributed by atoms with Gasteiger partial charge in [0.15, 0.2) is 5.69 Å². The maximum Gasteiger partial charge on any atom is 0.313 e. The maximum atomic E-state index is 11.0. The van der Waals surface area contributed by atoms with Gasteiger partial charge < -0.3 is 5.32 Å². The van der Waals surface area contributed by atoms with Gasteiger partial charge in [-0.2, -0.15) is 0 Å². The lowest BCUT2D eigenvalue weighted by molar-refractivity contribution is -0.384. The third-order valence-electron chi connectivity index (χ3n) is 2.45. The summed E-state index contributed by atoms with van der Waals surface area (Å²) in [5.74, 6) is 0.365. The van der Waals surface area contributed by atoms with E-state index in [1.807, 2.05) is 13.8 Å². The molecule has 0 atom stereocenters. The minimum atomic E-state index is -0.493. The lowest BCUT2D eigenvalue weighted by Crippen LogP contribution is -2.05. The molecule has 2 aromatic heterocycles. The lowest BCUT2D eigenvalue weighted by atomic mass is 10.1. The molecule has 7 heteroatoms. The number of nitrogens with one attached hydrogen (secondary N) is 1. The van der Waals surface area contributed by atoms with Crippen LogP contribution in [0.1, 0.15) is 12.5 Å². The van der Waals surface area contributed by atoms with E-state index >= 15 is 0 Å². The monoisotopic (exact) mass is 259 g/mol. The van der Waals surface area contributed by atoms with E-state index in [1.54, 1.807) is 18.5 Å². The first kappa shape index (κ1) is 12.9. The van der Waals surface area contributed by atoms with E-state index in [2.05, 4.69) is 20.3 Å². The third kappa shape index (κ3) is 2.82. The van der Waals surface area contributed by atoms with E-state index in [4.69, 9.17) is 0 Å². The van der Waals surface area contributed by atoms with E-state index in [0.717, 1.165) is 5.56 Å². The van der Waals surface area contributed by atoms with Crippen molar-refractivity contribution in [3.8, 4) is 11.3 Å². The molecule has 19 heavy (non-hydrogen) atoms. The van der Waals surface area contributed by atoms with Gasteiger partial charge in [-0.25, -0.2) is 9.97 Å². The number of anilines is 1. The van der Waals surface area contributed by atoms with Crippen LogP contribution in [0.4, 0.5) is 11.6 Å².